The summed E-state index contributed by atoms with van der Waals surface area (Å²) >= 11 is 1.54. The standard InChI is InChI=1S/C24H31N5O5S/c1-24(2,3)34-23(31)29-10-8-15(9-11-29)28(4)22-25-21-20(35-22)13-18(26-27-21)17-7-6-16(30)12-19(17)33-14-32-5/h6-7,12-13,15,30H,8-11,14H2,1-5H3. The Morgan fingerprint density at radius 3 is 2.66 bits per heavy atom. The summed E-state index contributed by atoms with van der Waals surface area (Å²) < 4.78 is 17.0. The van der Waals surface area contributed by atoms with E-state index in [-0.39, 0.29) is 24.7 Å². The quantitative estimate of drug-likeness (QED) is 0.495. The zero-order valence-corrected chi connectivity index (χ0v) is 21.5. The second kappa shape index (κ2) is 10.2. The number of hydrogen-bond acceptors (Lipinski definition) is 10. The minimum atomic E-state index is -0.498. The lowest BCUT2D eigenvalue weighted by atomic mass is 10.0. The van der Waals surface area contributed by atoms with Crippen LogP contribution in [0.5, 0.6) is 11.5 Å². The lowest BCUT2D eigenvalue weighted by molar-refractivity contribution is 0.0205. The fourth-order valence-corrected chi connectivity index (χ4v) is 4.87. The zero-order valence-electron chi connectivity index (χ0n) is 20.6. The maximum atomic E-state index is 12.4. The van der Waals surface area contributed by atoms with Crippen molar-refractivity contribution in [3.05, 3.63) is 24.3 Å². The summed E-state index contributed by atoms with van der Waals surface area (Å²) in [6.45, 7) is 6.97. The Balaban J connectivity index is 1.48. The topological polar surface area (TPSA) is 110 Å². The summed E-state index contributed by atoms with van der Waals surface area (Å²) in [4.78, 5) is 21.0. The highest BCUT2D eigenvalue weighted by molar-refractivity contribution is 7.22. The Morgan fingerprint density at radius 1 is 1.23 bits per heavy atom. The van der Waals surface area contributed by atoms with Crippen molar-refractivity contribution in [3.8, 4) is 22.8 Å². The van der Waals surface area contributed by atoms with Crippen LogP contribution in [-0.4, -0.2) is 77.0 Å². The molecule has 0 unspecified atom stereocenters. The molecule has 1 aliphatic rings. The second-order valence-corrected chi connectivity index (χ2v) is 10.5. The highest BCUT2D eigenvalue weighted by Gasteiger charge is 2.29. The fraction of sp³-hybridized carbons (Fsp3) is 0.500. The smallest absolute Gasteiger partial charge is 0.410 e. The SMILES string of the molecule is COCOc1cc(O)ccc1-c1cc2sc(N(C)C3CCN(C(=O)OC(C)(C)C)CC3)nc2nn1. The van der Waals surface area contributed by atoms with Gasteiger partial charge in [0, 0.05) is 44.9 Å². The van der Waals surface area contributed by atoms with Crippen molar-refractivity contribution < 1.29 is 24.1 Å². The van der Waals surface area contributed by atoms with Crippen molar-refractivity contribution >= 4 is 32.9 Å². The molecule has 0 spiro atoms. The van der Waals surface area contributed by atoms with E-state index in [0.717, 1.165) is 22.7 Å². The van der Waals surface area contributed by atoms with Crippen LogP contribution in [0, 0.1) is 0 Å². The summed E-state index contributed by atoms with van der Waals surface area (Å²) in [6, 6.07) is 7.02. The first kappa shape index (κ1) is 24.9. The Kier molecular flexibility index (Phi) is 7.27. The largest absolute Gasteiger partial charge is 0.508 e. The molecule has 0 saturated carbocycles. The number of phenols is 1. The molecule has 1 fully saturated rings. The number of ether oxygens (including phenoxy) is 3. The van der Waals surface area contributed by atoms with E-state index >= 15 is 0 Å². The van der Waals surface area contributed by atoms with Crippen molar-refractivity contribution in [2.75, 3.05) is 38.9 Å². The molecule has 35 heavy (non-hydrogen) atoms. The first-order valence-electron chi connectivity index (χ1n) is 11.4. The van der Waals surface area contributed by atoms with Crippen molar-refractivity contribution in [1.29, 1.82) is 0 Å². The van der Waals surface area contributed by atoms with Gasteiger partial charge in [-0.3, -0.25) is 0 Å². The predicted octanol–water partition coefficient (Wildman–Crippen LogP) is 4.28. The van der Waals surface area contributed by atoms with E-state index < -0.39 is 5.60 Å². The van der Waals surface area contributed by atoms with Gasteiger partial charge < -0.3 is 29.1 Å². The van der Waals surface area contributed by atoms with E-state index in [2.05, 4.69) is 20.1 Å². The third-order valence-corrected chi connectivity index (χ3v) is 6.76. The van der Waals surface area contributed by atoms with Crippen LogP contribution in [0.1, 0.15) is 33.6 Å². The predicted molar refractivity (Wildman–Crippen MR) is 134 cm³/mol. The molecule has 1 saturated heterocycles. The molecule has 2 aromatic heterocycles. The minimum Gasteiger partial charge on any atom is -0.508 e. The molecule has 1 N–H and O–H groups in total. The van der Waals surface area contributed by atoms with Gasteiger partial charge in [-0.2, -0.15) is 4.98 Å². The summed E-state index contributed by atoms with van der Waals surface area (Å²) in [5.41, 5.74) is 1.40. The van der Waals surface area contributed by atoms with Crippen LogP contribution in [0.25, 0.3) is 21.6 Å². The molecule has 188 valence electrons. The minimum absolute atomic E-state index is 0.0500. The maximum absolute atomic E-state index is 12.4. The first-order valence-corrected chi connectivity index (χ1v) is 12.3. The Hall–Kier alpha value is -3.18. The molecule has 0 atom stereocenters. The summed E-state index contributed by atoms with van der Waals surface area (Å²) in [5, 5.41) is 19.3. The molecule has 0 radical (unpaired) electrons. The molecule has 3 aromatic rings. The van der Waals surface area contributed by atoms with Crippen LogP contribution < -0.4 is 9.64 Å². The summed E-state index contributed by atoms with van der Waals surface area (Å²) in [6.07, 6.45) is 1.40. The van der Waals surface area contributed by atoms with E-state index in [4.69, 9.17) is 14.2 Å². The normalized spacial score (nSPS) is 14.8. The van der Waals surface area contributed by atoms with E-state index in [0.29, 0.717) is 35.7 Å². The highest BCUT2D eigenvalue weighted by Crippen LogP contribution is 2.36. The molecule has 0 bridgehead atoms. The number of aromatic hydroxyl groups is 1. The van der Waals surface area contributed by atoms with Crippen molar-refractivity contribution in [1.82, 2.24) is 20.1 Å². The number of hydrogen-bond donors (Lipinski definition) is 1. The molecule has 4 rings (SSSR count). The molecule has 11 heteroatoms. The maximum Gasteiger partial charge on any atom is 0.410 e. The number of piperidine rings is 1. The van der Waals surface area contributed by atoms with Gasteiger partial charge in [-0.25, -0.2) is 4.79 Å². The Labute approximate surface area is 208 Å². The van der Waals surface area contributed by atoms with Gasteiger partial charge in [0.15, 0.2) is 17.6 Å². The van der Waals surface area contributed by atoms with Crippen molar-refractivity contribution in [2.24, 2.45) is 0 Å². The van der Waals surface area contributed by atoms with Gasteiger partial charge in [0.05, 0.1) is 10.4 Å². The lowest BCUT2D eigenvalue weighted by Crippen LogP contribution is -2.47. The van der Waals surface area contributed by atoms with Crippen LogP contribution in [0.2, 0.25) is 0 Å². The number of phenolic OH excluding ortho intramolecular Hbond substituents is 1. The van der Waals surface area contributed by atoms with Gasteiger partial charge in [-0.15, -0.1) is 10.2 Å². The fourth-order valence-electron chi connectivity index (χ4n) is 3.90. The molecule has 1 aliphatic heterocycles. The van der Waals surface area contributed by atoms with Crippen LogP contribution in [0.4, 0.5) is 9.93 Å². The van der Waals surface area contributed by atoms with E-state index in [1.54, 1.807) is 28.4 Å². The number of fused-ring (bicyclic) bond motifs is 1. The third-order valence-electron chi connectivity index (χ3n) is 5.68. The lowest BCUT2D eigenvalue weighted by Gasteiger charge is -2.37. The molecule has 1 aromatic carbocycles. The number of likely N-dealkylation sites (tertiary alicyclic amines) is 1. The highest BCUT2D eigenvalue weighted by atomic mass is 32.1. The van der Waals surface area contributed by atoms with Gasteiger partial charge in [0.2, 0.25) is 0 Å². The summed E-state index contributed by atoms with van der Waals surface area (Å²) in [7, 11) is 3.56. The Morgan fingerprint density at radius 2 is 1.97 bits per heavy atom. The summed E-state index contributed by atoms with van der Waals surface area (Å²) in [5.74, 6) is 0.549. The van der Waals surface area contributed by atoms with Crippen molar-refractivity contribution in [2.45, 2.75) is 45.3 Å². The van der Waals surface area contributed by atoms with Gasteiger partial charge in [0.25, 0.3) is 0 Å². The monoisotopic (exact) mass is 501 g/mol. The zero-order chi connectivity index (χ0) is 25.2. The third kappa shape index (κ3) is 5.91. The van der Waals surface area contributed by atoms with Crippen LogP contribution in [0.15, 0.2) is 24.3 Å². The number of aromatic nitrogens is 3. The number of carbonyl (C=O) groups excluding carboxylic acids is 1. The van der Waals surface area contributed by atoms with Gasteiger partial charge in [-0.1, -0.05) is 11.3 Å². The van der Waals surface area contributed by atoms with E-state index in [9.17, 15) is 9.90 Å². The number of thiazole rings is 1. The molecular formula is C24H31N5O5S. The van der Waals surface area contributed by atoms with Crippen LogP contribution in [-0.2, 0) is 9.47 Å². The number of amides is 1. The van der Waals surface area contributed by atoms with E-state index in [1.807, 2.05) is 33.9 Å². The number of benzene rings is 1. The second-order valence-electron chi connectivity index (χ2n) is 9.45. The molecular weight excluding hydrogens is 470 g/mol. The van der Waals surface area contributed by atoms with Gasteiger partial charge in [-0.05, 0) is 51.8 Å². The number of rotatable bonds is 6. The number of carbonyl (C=O) groups is 1. The Bertz CT molecular complexity index is 1190. The molecule has 3 heterocycles. The van der Waals surface area contributed by atoms with Gasteiger partial charge >= 0.3 is 6.09 Å². The van der Waals surface area contributed by atoms with Crippen LogP contribution in [0.3, 0.4) is 0 Å². The number of nitrogens with zero attached hydrogens (tertiary/aromatic N) is 5. The van der Waals surface area contributed by atoms with Gasteiger partial charge in [0.1, 0.15) is 17.1 Å². The van der Waals surface area contributed by atoms with E-state index in [1.165, 1.54) is 13.2 Å². The average Bonchev–Trinajstić information content (AvgIpc) is 3.25. The first-order chi connectivity index (χ1) is 16.6. The van der Waals surface area contributed by atoms with Crippen LogP contribution >= 0.6 is 11.3 Å². The molecule has 1 amide bonds. The molecule has 10 nitrogen and oxygen atoms in total. The number of anilines is 1. The van der Waals surface area contributed by atoms with Crippen molar-refractivity contribution in [3.63, 3.8) is 0 Å². The average molecular weight is 502 g/mol. The number of methoxy groups -OCH3 is 1. The molecule has 0 aliphatic carbocycles.